The van der Waals surface area contributed by atoms with Crippen LogP contribution in [-0.2, 0) is 4.79 Å². The van der Waals surface area contributed by atoms with Crippen LogP contribution in [-0.4, -0.2) is 86.2 Å². The monoisotopic (exact) mass is 218 g/mol. The summed E-state index contributed by atoms with van der Waals surface area (Å²) in [5.41, 5.74) is 0. The molecule has 13 heavy (non-hydrogen) atoms. The predicted octanol–water partition coefficient (Wildman–Crippen LogP) is -2.29. The van der Waals surface area contributed by atoms with Gasteiger partial charge in [0, 0.05) is 26.2 Å². The number of aliphatic hydroxyl groups excluding tert-OH is 1. The maximum atomic E-state index is 9.45. The maximum absolute atomic E-state index is 9.45. The summed E-state index contributed by atoms with van der Waals surface area (Å²) in [4.78, 5) is 9.45. The first-order valence-electron chi connectivity index (χ1n) is 3.97. The minimum absolute atomic E-state index is 0. The van der Waals surface area contributed by atoms with Crippen LogP contribution >= 0.6 is 0 Å². The molecule has 1 aliphatic rings. The molecule has 0 aromatic heterocycles. The van der Waals surface area contributed by atoms with E-state index in [-0.39, 0.29) is 37.7 Å². The Balaban J connectivity index is 0. The summed E-state index contributed by atoms with van der Waals surface area (Å²) in [5.74, 6) is -1.19. The van der Waals surface area contributed by atoms with Crippen LogP contribution in [0.2, 0.25) is 0 Å². The minimum atomic E-state index is -1.23. The summed E-state index contributed by atoms with van der Waals surface area (Å²) >= 11 is 0. The van der Waals surface area contributed by atoms with Crippen LogP contribution in [0.1, 0.15) is 6.92 Å². The molecule has 0 aromatic carbocycles. The Bertz CT molecular complexity index is 117. The van der Waals surface area contributed by atoms with Crippen molar-refractivity contribution in [2.24, 2.45) is 0 Å². The number of aliphatic carboxylic acids is 1. The van der Waals surface area contributed by atoms with Gasteiger partial charge in [0.15, 0.2) is 0 Å². The van der Waals surface area contributed by atoms with Crippen molar-refractivity contribution in [3.63, 3.8) is 0 Å². The van der Waals surface area contributed by atoms with Crippen LogP contribution < -0.4 is 10.6 Å². The van der Waals surface area contributed by atoms with Crippen molar-refractivity contribution in [3.8, 4) is 0 Å². The van der Waals surface area contributed by atoms with E-state index in [4.69, 9.17) is 10.2 Å². The Morgan fingerprint density at radius 2 is 1.46 bits per heavy atom. The third-order valence-electron chi connectivity index (χ3n) is 1.31. The van der Waals surface area contributed by atoms with E-state index in [1.807, 2.05) is 0 Å². The Labute approximate surface area is 108 Å². The SMILES string of the molecule is C1CNCCN1.CC(O)C(=O)O.[CaH2]. The van der Waals surface area contributed by atoms with Gasteiger partial charge in [-0.05, 0) is 6.92 Å². The summed E-state index contributed by atoms with van der Waals surface area (Å²) in [7, 11) is 0. The molecule has 6 heteroatoms. The zero-order valence-corrected chi connectivity index (χ0v) is 7.21. The van der Waals surface area contributed by atoms with E-state index in [0.29, 0.717) is 0 Å². The second kappa shape index (κ2) is 10.7. The summed E-state index contributed by atoms with van der Waals surface area (Å²) in [6.07, 6.45) is -1.23. The quantitative estimate of drug-likeness (QED) is 0.373. The van der Waals surface area contributed by atoms with Crippen molar-refractivity contribution in [2.45, 2.75) is 13.0 Å². The summed E-state index contributed by atoms with van der Waals surface area (Å²) in [6, 6.07) is 0. The molecule has 5 nitrogen and oxygen atoms in total. The molecule has 0 spiro atoms. The first-order chi connectivity index (χ1) is 5.64. The zero-order valence-electron chi connectivity index (χ0n) is 7.21. The van der Waals surface area contributed by atoms with E-state index in [0.717, 1.165) is 26.2 Å². The van der Waals surface area contributed by atoms with Gasteiger partial charge >= 0.3 is 43.7 Å². The van der Waals surface area contributed by atoms with Gasteiger partial charge in [-0.15, -0.1) is 0 Å². The average molecular weight is 218 g/mol. The number of carboxylic acid groups (broad SMARTS) is 1. The van der Waals surface area contributed by atoms with E-state index in [1.165, 1.54) is 6.92 Å². The van der Waals surface area contributed by atoms with Gasteiger partial charge in [-0.1, -0.05) is 0 Å². The molecule has 1 aliphatic heterocycles. The number of piperazine rings is 1. The van der Waals surface area contributed by atoms with Gasteiger partial charge in [0.1, 0.15) is 6.10 Å². The second-order valence-electron chi connectivity index (χ2n) is 2.51. The molecule has 1 fully saturated rings. The van der Waals surface area contributed by atoms with Crippen LogP contribution in [0, 0.1) is 0 Å². The van der Waals surface area contributed by atoms with Crippen molar-refractivity contribution in [1.82, 2.24) is 10.6 Å². The van der Waals surface area contributed by atoms with Crippen molar-refractivity contribution in [3.05, 3.63) is 0 Å². The van der Waals surface area contributed by atoms with Crippen molar-refractivity contribution in [2.75, 3.05) is 26.2 Å². The number of rotatable bonds is 1. The second-order valence-corrected chi connectivity index (χ2v) is 2.51. The van der Waals surface area contributed by atoms with Crippen molar-refractivity contribution >= 4 is 43.7 Å². The predicted molar refractivity (Wildman–Crippen MR) is 53.6 cm³/mol. The molecule has 0 amide bonds. The first-order valence-corrected chi connectivity index (χ1v) is 3.97. The number of nitrogens with one attached hydrogen (secondary N) is 2. The summed E-state index contributed by atoms with van der Waals surface area (Å²) < 4.78 is 0. The normalized spacial score (nSPS) is 17.4. The average Bonchev–Trinajstić information content (AvgIpc) is 2.08. The molecule has 0 aromatic rings. The number of carboxylic acids is 1. The van der Waals surface area contributed by atoms with Crippen molar-refractivity contribution < 1.29 is 15.0 Å². The standard InChI is InChI=1S/C4H10N2.C3H6O3.Ca.2H/c1-2-6-4-3-5-1;1-2(4)3(5)6;;;/h5-6H,1-4H2;2,4H,1H3,(H,5,6);;;. The third-order valence-corrected chi connectivity index (χ3v) is 1.31. The molecule has 1 unspecified atom stereocenters. The van der Waals surface area contributed by atoms with E-state index >= 15 is 0 Å². The molecule has 4 N–H and O–H groups in total. The Kier molecular flexibility index (Phi) is 13.2. The molecule has 1 rings (SSSR count). The van der Waals surface area contributed by atoms with Gasteiger partial charge in [0.25, 0.3) is 0 Å². The molecule has 0 bridgehead atoms. The Hall–Kier alpha value is 0.610. The van der Waals surface area contributed by atoms with E-state index in [1.54, 1.807) is 0 Å². The van der Waals surface area contributed by atoms with Crippen molar-refractivity contribution in [1.29, 1.82) is 0 Å². The molecule has 76 valence electrons. The molecular formula is C7H18CaN2O3. The Morgan fingerprint density at radius 1 is 1.23 bits per heavy atom. The molecule has 1 saturated heterocycles. The molecule has 1 atom stereocenters. The topological polar surface area (TPSA) is 81.6 Å². The van der Waals surface area contributed by atoms with Gasteiger partial charge in [0.2, 0.25) is 0 Å². The van der Waals surface area contributed by atoms with Crippen LogP contribution in [0.15, 0.2) is 0 Å². The van der Waals surface area contributed by atoms with Gasteiger partial charge in [0.05, 0.1) is 0 Å². The Morgan fingerprint density at radius 3 is 1.54 bits per heavy atom. The van der Waals surface area contributed by atoms with Crippen LogP contribution in [0.25, 0.3) is 0 Å². The molecule has 0 radical (unpaired) electrons. The summed E-state index contributed by atoms with van der Waals surface area (Å²) in [6.45, 7) is 5.75. The number of hydrogen-bond donors (Lipinski definition) is 4. The molecule has 0 saturated carbocycles. The molecule has 1 heterocycles. The summed E-state index contributed by atoms with van der Waals surface area (Å²) in [5, 5.41) is 22.2. The fourth-order valence-electron chi connectivity index (χ4n) is 0.604. The molecular weight excluding hydrogens is 200 g/mol. The zero-order chi connectivity index (χ0) is 9.40. The van der Waals surface area contributed by atoms with Crippen LogP contribution in [0.5, 0.6) is 0 Å². The van der Waals surface area contributed by atoms with E-state index < -0.39 is 12.1 Å². The number of aliphatic hydroxyl groups is 1. The fourth-order valence-corrected chi connectivity index (χ4v) is 0.604. The van der Waals surface area contributed by atoms with Gasteiger partial charge in [-0.25, -0.2) is 4.79 Å². The van der Waals surface area contributed by atoms with Crippen LogP contribution in [0.4, 0.5) is 0 Å². The molecule has 0 aliphatic carbocycles. The first kappa shape index (κ1) is 16.1. The number of hydrogen-bond acceptors (Lipinski definition) is 4. The number of carbonyl (C=O) groups is 1. The van der Waals surface area contributed by atoms with Gasteiger partial charge in [-0.2, -0.15) is 0 Å². The van der Waals surface area contributed by atoms with E-state index in [2.05, 4.69) is 10.6 Å². The van der Waals surface area contributed by atoms with E-state index in [9.17, 15) is 4.79 Å². The fraction of sp³-hybridized carbons (Fsp3) is 0.857. The van der Waals surface area contributed by atoms with Crippen LogP contribution in [0.3, 0.4) is 0 Å². The van der Waals surface area contributed by atoms with Gasteiger partial charge in [-0.3, -0.25) is 0 Å². The van der Waals surface area contributed by atoms with Gasteiger partial charge < -0.3 is 20.8 Å². The third kappa shape index (κ3) is 12.6.